The molecule has 0 bridgehead atoms. The molecule has 0 amide bonds. The molecule has 0 saturated carbocycles. The number of allylic oxidation sites excluding steroid dienone is 2. The van der Waals surface area contributed by atoms with Crippen LogP contribution in [0.25, 0.3) is 0 Å². The first-order chi connectivity index (χ1) is 12.3. The average Bonchev–Trinajstić information content (AvgIpc) is 2.58. The summed E-state index contributed by atoms with van der Waals surface area (Å²) in [6.07, 6.45) is 7.75. The number of carboxylic acids is 1. The van der Waals surface area contributed by atoms with Gasteiger partial charge in [0.05, 0.1) is 0 Å². The molecule has 0 radical (unpaired) electrons. The van der Waals surface area contributed by atoms with E-state index < -0.39 is 5.97 Å². The number of aryl methyl sites for hydroxylation is 1. The lowest BCUT2D eigenvalue weighted by molar-refractivity contribution is 0.0104. The highest BCUT2D eigenvalue weighted by molar-refractivity contribution is 5.94. The number of aromatic carboxylic acids is 1. The molecule has 0 fully saturated rings. The van der Waals surface area contributed by atoms with Crippen LogP contribution in [0.4, 0.5) is 0 Å². The van der Waals surface area contributed by atoms with E-state index in [1.54, 1.807) is 0 Å². The molecule has 0 aromatic heterocycles. The van der Waals surface area contributed by atoms with Gasteiger partial charge in [0.15, 0.2) is 0 Å². The molecule has 2 N–H and O–H groups in total. The van der Waals surface area contributed by atoms with Gasteiger partial charge in [0.2, 0.25) is 0 Å². The maximum atomic E-state index is 11.9. The number of carboxylic acid groups (broad SMARTS) is 1. The Hall–Kier alpha value is -1.97. The first kappa shape index (κ1) is 18.8. The van der Waals surface area contributed by atoms with Gasteiger partial charge in [-0.3, -0.25) is 0 Å². The molecule has 1 heterocycles. The van der Waals surface area contributed by atoms with Crippen LogP contribution in [0.3, 0.4) is 0 Å². The standard InChI is InChI=1S/C22H30O4/c1-5-7-8-14-12-17-19(20(23)18(14)21(24)25)15-11-13(6-2)9-10-16(15)22(3,4)26-17/h11-12,15-16,23H,5-10H2,1-4H3,(H,24,25)/t15-,16-/m1/s1. The third kappa shape index (κ3) is 3.10. The van der Waals surface area contributed by atoms with E-state index in [1.807, 2.05) is 6.07 Å². The van der Waals surface area contributed by atoms with Crippen molar-refractivity contribution in [2.75, 3.05) is 0 Å². The Labute approximate surface area is 155 Å². The number of carbonyl (C=O) groups is 1. The van der Waals surface area contributed by atoms with Crippen molar-refractivity contribution in [1.82, 2.24) is 0 Å². The summed E-state index contributed by atoms with van der Waals surface area (Å²) in [4.78, 5) is 11.9. The predicted octanol–water partition coefficient (Wildman–Crippen LogP) is 5.43. The molecule has 0 spiro atoms. The second-order valence-electron chi connectivity index (χ2n) is 8.13. The van der Waals surface area contributed by atoms with Gasteiger partial charge in [0.1, 0.15) is 22.7 Å². The number of hydrogen-bond donors (Lipinski definition) is 2. The number of rotatable bonds is 5. The van der Waals surface area contributed by atoms with Crippen LogP contribution in [0.5, 0.6) is 11.5 Å². The van der Waals surface area contributed by atoms with Gasteiger partial charge in [0, 0.05) is 17.4 Å². The van der Waals surface area contributed by atoms with Gasteiger partial charge in [0.25, 0.3) is 0 Å². The third-order valence-electron chi connectivity index (χ3n) is 6.08. The quantitative estimate of drug-likeness (QED) is 0.688. The second-order valence-corrected chi connectivity index (χ2v) is 8.13. The van der Waals surface area contributed by atoms with Crippen LogP contribution in [0.1, 0.15) is 87.2 Å². The molecule has 1 aliphatic carbocycles. The number of ether oxygens (including phenoxy) is 1. The van der Waals surface area contributed by atoms with Crippen molar-refractivity contribution in [2.24, 2.45) is 5.92 Å². The predicted molar refractivity (Wildman–Crippen MR) is 102 cm³/mol. The minimum atomic E-state index is -1.06. The topological polar surface area (TPSA) is 66.8 Å². The van der Waals surface area contributed by atoms with E-state index >= 15 is 0 Å². The Morgan fingerprint density at radius 2 is 2.08 bits per heavy atom. The lowest BCUT2D eigenvalue weighted by atomic mass is 9.67. The van der Waals surface area contributed by atoms with Gasteiger partial charge in [-0.05, 0) is 57.6 Å². The summed E-state index contributed by atoms with van der Waals surface area (Å²) in [5, 5.41) is 20.7. The SMILES string of the molecule is CCCCc1cc2c(c(O)c1C(=O)O)[C@@H]1C=C(CC)CC[C@H]1C(C)(C)O2. The first-order valence-corrected chi connectivity index (χ1v) is 9.80. The van der Waals surface area contributed by atoms with Crippen molar-refractivity contribution in [2.45, 2.75) is 77.7 Å². The third-order valence-corrected chi connectivity index (χ3v) is 6.08. The van der Waals surface area contributed by atoms with Gasteiger partial charge < -0.3 is 14.9 Å². The average molecular weight is 358 g/mol. The zero-order valence-electron chi connectivity index (χ0n) is 16.3. The van der Waals surface area contributed by atoms with Crippen molar-refractivity contribution in [3.05, 3.63) is 34.4 Å². The fourth-order valence-corrected chi connectivity index (χ4v) is 4.61. The zero-order chi connectivity index (χ0) is 19.1. The molecule has 4 nitrogen and oxygen atoms in total. The number of phenols is 1. The number of hydrogen-bond acceptors (Lipinski definition) is 3. The highest BCUT2D eigenvalue weighted by Crippen LogP contribution is 2.54. The molecule has 1 aromatic carbocycles. The fraction of sp³-hybridized carbons (Fsp3) is 0.591. The molecule has 2 atom stereocenters. The summed E-state index contributed by atoms with van der Waals surface area (Å²) in [6.45, 7) is 8.43. The molecule has 0 saturated heterocycles. The monoisotopic (exact) mass is 358 g/mol. The molecule has 4 heteroatoms. The van der Waals surface area contributed by atoms with Crippen LogP contribution in [0.2, 0.25) is 0 Å². The van der Waals surface area contributed by atoms with E-state index in [-0.39, 0.29) is 28.7 Å². The summed E-state index contributed by atoms with van der Waals surface area (Å²) in [6, 6.07) is 1.86. The van der Waals surface area contributed by atoms with E-state index in [0.29, 0.717) is 23.3 Å². The summed E-state index contributed by atoms with van der Waals surface area (Å²) >= 11 is 0. The molecule has 3 rings (SSSR count). The molecule has 142 valence electrons. The first-order valence-electron chi connectivity index (χ1n) is 9.80. The second kappa shape index (κ2) is 6.98. The lowest BCUT2D eigenvalue weighted by Gasteiger charge is -2.47. The molecule has 2 aliphatic rings. The molecular weight excluding hydrogens is 328 g/mol. The molecule has 1 aliphatic heterocycles. The number of benzene rings is 1. The Morgan fingerprint density at radius 3 is 2.69 bits per heavy atom. The number of fused-ring (bicyclic) bond motifs is 3. The minimum Gasteiger partial charge on any atom is -0.507 e. The van der Waals surface area contributed by atoms with E-state index in [1.165, 1.54) is 5.57 Å². The van der Waals surface area contributed by atoms with Crippen LogP contribution in [-0.4, -0.2) is 21.8 Å². The van der Waals surface area contributed by atoms with Crippen molar-refractivity contribution >= 4 is 5.97 Å². The van der Waals surface area contributed by atoms with E-state index in [2.05, 4.69) is 33.8 Å². The Morgan fingerprint density at radius 1 is 1.35 bits per heavy atom. The van der Waals surface area contributed by atoms with Crippen molar-refractivity contribution < 1.29 is 19.7 Å². The Balaban J connectivity index is 2.21. The minimum absolute atomic E-state index is 0.00998. The van der Waals surface area contributed by atoms with Gasteiger partial charge in [-0.1, -0.05) is 31.9 Å². The summed E-state index contributed by atoms with van der Waals surface area (Å²) in [5.41, 5.74) is 2.42. The van der Waals surface area contributed by atoms with E-state index in [4.69, 9.17) is 4.74 Å². The van der Waals surface area contributed by atoms with Crippen molar-refractivity contribution in [1.29, 1.82) is 0 Å². The maximum absolute atomic E-state index is 11.9. The van der Waals surface area contributed by atoms with Crippen LogP contribution in [-0.2, 0) is 6.42 Å². The number of unbranched alkanes of at least 4 members (excludes halogenated alkanes) is 1. The van der Waals surface area contributed by atoms with Crippen LogP contribution >= 0.6 is 0 Å². The zero-order valence-corrected chi connectivity index (χ0v) is 16.3. The normalized spacial score (nSPS) is 23.5. The van der Waals surface area contributed by atoms with Crippen LogP contribution in [0, 0.1) is 5.92 Å². The maximum Gasteiger partial charge on any atom is 0.339 e. The Bertz CT molecular complexity index is 745. The van der Waals surface area contributed by atoms with E-state index in [9.17, 15) is 15.0 Å². The van der Waals surface area contributed by atoms with Crippen molar-refractivity contribution in [3.63, 3.8) is 0 Å². The Kier molecular flexibility index (Phi) is 5.05. The highest BCUT2D eigenvalue weighted by Gasteiger charge is 2.46. The summed E-state index contributed by atoms with van der Waals surface area (Å²) < 4.78 is 6.31. The highest BCUT2D eigenvalue weighted by atomic mass is 16.5. The molecular formula is C22H30O4. The van der Waals surface area contributed by atoms with Crippen LogP contribution < -0.4 is 4.74 Å². The molecule has 0 unspecified atom stereocenters. The van der Waals surface area contributed by atoms with Gasteiger partial charge in [-0.2, -0.15) is 0 Å². The van der Waals surface area contributed by atoms with Gasteiger partial charge in [-0.15, -0.1) is 0 Å². The van der Waals surface area contributed by atoms with Crippen molar-refractivity contribution in [3.8, 4) is 11.5 Å². The largest absolute Gasteiger partial charge is 0.507 e. The smallest absolute Gasteiger partial charge is 0.339 e. The molecule has 26 heavy (non-hydrogen) atoms. The van der Waals surface area contributed by atoms with Crippen LogP contribution in [0.15, 0.2) is 17.7 Å². The lowest BCUT2D eigenvalue weighted by Crippen LogP contribution is -2.45. The summed E-state index contributed by atoms with van der Waals surface area (Å²) in [5.74, 6) is -0.262. The van der Waals surface area contributed by atoms with Gasteiger partial charge >= 0.3 is 5.97 Å². The molecule has 1 aromatic rings. The van der Waals surface area contributed by atoms with E-state index in [0.717, 1.165) is 32.1 Å². The fourth-order valence-electron chi connectivity index (χ4n) is 4.61. The summed E-state index contributed by atoms with van der Waals surface area (Å²) in [7, 11) is 0. The van der Waals surface area contributed by atoms with Gasteiger partial charge in [-0.25, -0.2) is 4.79 Å². The number of aromatic hydroxyl groups is 1.